The molecule has 15 heterocycles. The summed E-state index contributed by atoms with van der Waals surface area (Å²) in [7, 11) is 0. The number of phenols is 1. The summed E-state index contributed by atoms with van der Waals surface area (Å²) in [5, 5.41) is 33.3. The topological polar surface area (TPSA) is 338 Å². The van der Waals surface area contributed by atoms with E-state index in [0.717, 1.165) is 192 Å². The Balaban J connectivity index is 0.000000116. The van der Waals surface area contributed by atoms with Crippen LogP contribution in [-0.4, -0.2) is 213 Å². The van der Waals surface area contributed by atoms with Crippen LogP contribution < -0.4 is 55.8 Å². The molecule has 0 bridgehead atoms. The predicted octanol–water partition coefficient (Wildman–Crippen LogP) is 17.5. The third-order valence-electron chi connectivity index (χ3n) is 25.8. The molecule has 3 aromatic carbocycles. The number of rotatable bonds is 13. The van der Waals surface area contributed by atoms with E-state index in [-0.39, 0.29) is 41.0 Å². The van der Waals surface area contributed by atoms with Crippen LogP contribution in [0.1, 0.15) is 116 Å². The number of urea groups is 2. The number of hydrogen-bond donors (Lipinski definition) is 5. The third-order valence-corrected chi connectivity index (χ3v) is 32.2. The number of hydrogen-bond acceptors (Lipinski definition) is 28. The molecule has 5 saturated heterocycles. The second-order valence-corrected chi connectivity index (χ2v) is 40.3. The van der Waals surface area contributed by atoms with Gasteiger partial charge in [-0.3, -0.25) is 9.59 Å². The van der Waals surface area contributed by atoms with Crippen molar-refractivity contribution in [2.75, 3.05) is 158 Å². The maximum absolute atomic E-state index is 12.7. The highest BCUT2D eigenvalue weighted by Gasteiger charge is 2.36. The van der Waals surface area contributed by atoms with E-state index >= 15 is 0 Å². The van der Waals surface area contributed by atoms with Gasteiger partial charge in [-0.05, 0) is 195 Å². The fourth-order valence-electron chi connectivity index (χ4n) is 18.6. The lowest BCUT2D eigenvalue weighted by molar-refractivity contribution is -0.123. The number of nitrogens with one attached hydrogen (secondary N) is 3. The Morgan fingerprint density at radius 1 is 0.500 bits per heavy atom. The van der Waals surface area contributed by atoms with Gasteiger partial charge in [-0.25, -0.2) is 59.4 Å². The average Bonchev–Trinajstić information content (AvgIpc) is 1.62. The molecule has 5 aliphatic heterocycles. The molecule has 13 aromatic rings. The van der Waals surface area contributed by atoms with E-state index in [2.05, 4.69) is 131 Å². The lowest BCUT2D eigenvalue weighted by Gasteiger charge is -2.37. The molecule has 5 fully saturated rings. The van der Waals surface area contributed by atoms with Crippen LogP contribution in [0.2, 0.25) is 10.0 Å². The maximum Gasteiger partial charge on any atom is 0.405 e. The summed E-state index contributed by atoms with van der Waals surface area (Å²) in [6, 6.07) is 18.9. The quantitative estimate of drug-likeness (QED) is 0.0716. The molecule has 0 spiro atoms. The van der Waals surface area contributed by atoms with E-state index in [4.69, 9.17) is 43.9 Å². The number of nitrogens with two attached hydrogens (primary N) is 1. The highest BCUT2D eigenvalue weighted by molar-refractivity contribution is 7.20. The monoisotopic (exact) mass is 1920 g/mol. The van der Waals surface area contributed by atoms with Crippen molar-refractivity contribution >= 4 is 201 Å². The molecule has 21 rings (SSSR count). The zero-order valence-corrected chi connectivity index (χ0v) is 79.5. The zero-order valence-electron chi connectivity index (χ0n) is 73.9. The fourth-order valence-corrected chi connectivity index (χ4v) is 24.6. The first-order valence-electron chi connectivity index (χ1n) is 44.7. The Morgan fingerprint density at radius 2 is 0.909 bits per heavy atom. The molecule has 0 atom stereocenters. The molecular weight excluding hydrogens is 1820 g/mol. The van der Waals surface area contributed by atoms with Crippen LogP contribution in [0.25, 0.3) is 51.1 Å². The Labute approximate surface area is 791 Å². The minimum absolute atomic E-state index is 0.0146. The van der Waals surface area contributed by atoms with Crippen molar-refractivity contribution in [3.05, 3.63) is 160 Å². The maximum atomic E-state index is 12.7. The predicted molar refractivity (Wildman–Crippen MR) is 522 cm³/mol. The van der Waals surface area contributed by atoms with Crippen LogP contribution >= 0.6 is 79.9 Å². The number of nitrogens with zero attached hydrogens (tertiary/aromatic N) is 19. The van der Waals surface area contributed by atoms with Gasteiger partial charge < -0.3 is 70.7 Å². The molecule has 0 saturated carbocycles. The third kappa shape index (κ3) is 20.4. The van der Waals surface area contributed by atoms with Crippen LogP contribution in [-0.2, 0) is 48.1 Å². The molecule has 6 N–H and O–H groups in total. The minimum Gasteiger partial charge on any atom is -0.506 e. The number of nitriles is 1. The van der Waals surface area contributed by atoms with E-state index < -0.39 is 18.8 Å². The van der Waals surface area contributed by atoms with Crippen LogP contribution in [0, 0.1) is 50.9 Å². The number of para-hydroxylation sites is 2. The SMILES string of the molecule is CCOc1ccccc1N1CCN(c2ncnc3sc4c(c23)CCC4)CC1.Cc1sc2ncnc(N3CCC(C(=O)Nc4cc(Cl)ccc4Cl)CC3)c2c1C.Cc1sc2ncnc(N3CCC(C(=O)Nc4ccc(C#N)c(O)c4)CC3)c2c1C.NC(=O)N1CCN(c2ncnc3sc4c(c23)CCCC4)CC1.O=C(NCC(F)(F)F)N1CCN(c2ncnc3sc4c(c23)CCC4)CC1. The summed E-state index contributed by atoms with van der Waals surface area (Å²) in [4.78, 5) is 123. The smallest absolute Gasteiger partial charge is 0.405 e. The van der Waals surface area contributed by atoms with Gasteiger partial charge in [0.2, 0.25) is 11.8 Å². The number of aromatic nitrogens is 10. The van der Waals surface area contributed by atoms with Crippen molar-refractivity contribution in [1.82, 2.24) is 65.0 Å². The molecule has 690 valence electrons. The number of aryl methyl sites for hydroxylation is 10. The van der Waals surface area contributed by atoms with Gasteiger partial charge in [-0.1, -0.05) is 35.3 Å². The number of carbonyl (C=O) groups excluding carboxylic acids is 4. The van der Waals surface area contributed by atoms with E-state index in [1.165, 1.54) is 124 Å². The van der Waals surface area contributed by atoms with E-state index in [1.807, 2.05) is 47.0 Å². The zero-order chi connectivity index (χ0) is 92.0. The first-order valence-corrected chi connectivity index (χ1v) is 49.6. The normalized spacial score (nSPS) is 16.5. The number of fused-ring (bicyclic) bond motifs is 11. The number of carbonyl (C=O) groups is 4. The summed E-state index contributed by atoms with van der Waals surface area (Å²) in [5.41, 5.74) is 14.6. The molecule has 132 heavy (non-hydrogen) atoms. The van der Waals surface area contributed by atoms with Crippen molar-refractivity contribution in [2.24, 2.45) is 17.6 Å². The van der Waals surface area contributed by atoms with Crippen molar-refractivity contribution in [1.29, 1.82) is 5.26 Å². The van der Waals surface area contributed by atoms with Gasteiger partial charge in [0, 0.05) is 158 Å². The number of anilines is 8. The van der Waals surface area contributed by atoms with Gasteiger partial charge in [-0.15, -0.1) is 56.7 Å². The van der Waals surface area contributed by atoms with E-state index in [1.54, 1.807) is 94.8 Å². The number of amides is 6. The molecule has 6 amide bonds. The fraction of sp³-hybridized carbons (Fsp3) is 0.430. The molecule has 3 aliphatic carbocycles. The van der Waals surface area contributed by atoms with Crippen molar-refractivity contribution in [3.63, 3.8) is 0 Å². The number of piperidine rings is 2. The lowest BCUT2D eigenvalue weighted by Crippen LogP contribution is -2.53. The molecule has 29 nitrogen and oxygen atoms in total. The number of piperazine rings is 3. The van der Waals surface area contributed by atoms with Crippen molar-refractivity contribution in [2.45, 2.75) is 131 Å². The highest BCUT2D eigenvalue weighted by Crippen LogP contribution is 2.46. The van der Waals surface area contributed by atoms with Crippen molar-refractivity contribution < 1.29 is 42.2 Å². The minimum atomic E-state index is -4.40. The number of aromatic hydroxyl groups is 1. The number of benzene rings is 3. The Kier molecular flexibility index (Phi) is 28.7. The number of primary amides is 1. The summed E-state index contributed by atoms with van der Waals surface area (Å²) < 4.78 is 42.5. The summed E-state index contributed by atoms with van der Waals surface area (Å²) >= 11 is 21.0. The van der Waals surface area contributed by atoms with Gasteiger partial charge in [-0.2, -0.15) is 18.4 Å². The number of thiophene rings is 5. The van der Waals surface area contributed by atoms with Crippen LogP contribution in [0.4, 0.5) is 68.9 Å². The van der Waals surface area contributed by atoms with Crippen LogP contribution in [0.15, 0.2) is 92.3 Å². The molecule has 8 aliphatic rings. The highest BCUT2D eigenvalue weighted by atomic mass is 35.5. The standard InChI is InChI=1S/C21H21N5O2S.C21H24N4OS.C20H20Cl2N4OS.C16H18F3N5OS.C15H19N5OS/c1-12-13(2)29-21-18(12)19(23-11-24-21)26-7-5-14(6-8-26)20(28)25-16-4-3-15(10-22)17(27)9-16;1-2-26-17-8-4-3-7-16(17)24-10-12-25(13-11-24)20-19-15-6-5-9-18(15)27-21(19)23-14-22-20;1-11-12(2)28-20-17(11)18(23-10-24-20)26-7-5-13(6-8-26)19(27)25-16-9-14(21)3-4-15(16)22;17-16(18,19)8-20-15(25)24-6-4-23(5-7-24)13-12-10-2-1-3-11(10)26-14(12)22-9-21-13;16-15(21)20-7-5-19(6-8-20)13-12-10-3-1-2-4-11(10)22-14(12)18-9-17-13/h3-4,9,11,14,27H,5-8H2,1-2H3,(H,25,28);3-4,7-8,14H,2,5-6,9-13H2,1H3;3-4,9-10,13H,5-8H2,1-2H3,(H,25,27);9H,1-8H2,(H,20,25);9H,1-8H2,(H2,16,21). The van der Waals surface area contributed by atoms with Gasteiger partial charge >= 0.3 is 18.2 Å². The molecule has 0 radical (unpaired) electrons. The Hall–Kier alpha value is -11.4. The summed E-state index contributed by atoms with van der Waals surface area (Å²) in [6.07, 6.45) is 18.6. The average molecular weight is 1930 g/mol. The van der Waals surface area contributed by atoms with Gasteiger partial charge in [0.1, 0.15) is 109 Å². The first-order chi connectivity index (χ1) is 63.9. The van der Waals surface area contributed by atoms with Crippen molar-refractivity contribution in [3.8, 4) is 17.6 Å². The Morgan fingerprint density at radius 3 is 1.36 bits per heavy atom. The number of ether oxygens (including phenoxy) is 1. The lowest BCUT2D eigenvalue weighted by atomic mass is 9.95. The number of alkyl halides is 3. The second kappa shape index (κ2) is 41.0. The summed E-state index contributed by atoms with van der Waals surface area (Å²) in [5.74, 6) is 5.58. The second-order valence-electron chi connectivity index (χ2n) is 33.8. The largest absolute Gasteiger partial charge is 0.506 e. The number of halogens is 5. The molecule has 0 unspecified atom stereocenters. The summed E-state index contributed by atoms with van der Waals surface area (Å²) in [6.45, 7) is 21.5. The Bertz CT molecular complexity index is 6460. The number of phenolic OH excluding ortho intramolecular Hbond substituents is 1. The van der Waals surface area contributed by atoms with Gasteiger partial charge in [0.25, 0.3) is 0 Å². The van der Waals surface area contributed by atoms with Crippen LogP contribution in [0.3, 0.4) is 0 Å². The van der Waals surface area contributed by atoms with E-state index in [0.29, 0.717) is 67.3 Å². The molecule has 39 heteroatoms. The first kappa shape index (κ1) is 92.5. The van der Waals surface area contributed by atoms with Crippen LogP contribution in [0.5, 0.6) is 11.5 Å². The molecular formula is C93H102Cl2F3N23O6S5. The molecule has 10 aromatic heterocycles. The van der Waals surface area contributed by atoms with E-state index in [9.17, 15) is 37.5 Å². The van der Waals surface area contributed by atoms with Gasteiger partial charge in [0.05, 0.1) is 55.5 Å². The van der Waals surface area contributed by atoms with Gasteiger partial charge in [0.15, 0.2) is 0 Å².